The monoisotopic (exact) mass is 436 g/mol. The topological polar surface area (TPSA) is 100.0 Å². The summed E-state index contributed by atoms with van der Waals surface area (Å²) in [5.41, 5.74) is 9.84. The van der Waals surface area contributed by atoms with Crippen LogP contribution in [0.2, 0.25) is 0 Å². The number of para-hydroxylation sites is 1. The van der Waals surface area contributed by atoms with Gasteiger partial charge in [-0.15, -0.1) is 0 Å². The van der Waals surface area contributed by atoms with Crippen molar-refractivity contribution in [2.75, 3.05) is 5.32 Å². The van der Waals surface area contributed by atoms with E-state index in [4.69, 9.17) is 5.73 Å². The fraction of sp³-hybridized carbons (Fsp3) is 0.154. The van der Waals surface area contributed by atoms with Crippen molar-refractivity contribution in [2.45, 2.75) is 18.4 Å². The quantitative estimate of drug-likeness (QED) is 0.456. The fourth-order valence-corrected chi connectivity index (χ4v) is 4.33. The second-order valence-corrected chi connectivity index (χ2v) is 8.06. The molecule has 2 heterocycles. The highest BCUT2D eigenvalue weighted by Gasteiger charge is 2.34. The van der Waals surface area contributed by atoms with Crippen molar-refractivity contribution in [3.05, 3.63) is 96.1 Å². The van der Waals surface area contributed by atoms with Crippen molar-refractivity contribution >= 4 is 28.2 Å². The van der Waals surface area contributed by atoms with Crippen LogP contribution < -0.4 is 11.1 Å². The Morgan fingerprint density at radius 3 is 2.42 bits per heavy atom. The summed E-state index contributed by atoms with van der Waals surface area (Å²) in [6.45, 7) is 0. The van der Waals surface area contributed by atoms with Gasteiger partial charge in [0.1, 0.15) is 29.7 Å². The van der Waals surface area contributed by atoms with Gasteiger partial charge in [0.2, 0.25) is 0 Å². The van der Waals surface area contributed by atoms with E-state index in [0.29, 0.717) is 12.3 Å². The molecular weight excluding hydrogens is 415 g/mol. The maximum Gasteiger partial charge on any atom is 0.141 e. The minimum atomic E-state index is -0.529. The number of fused-ring (bicyclic) bond motifs is 1. The Balaban J connectivity index is 1.39. The molecule has 3 atom stereocenters. The van der Waals surface area contributed by atoms with Crippen LogP contribution in [0, 0.1) is 23.1 Å². The van der Waals surface area contributed by atoms with Crippen molar-refractivity contribution < 1.29 is 4.39 Å². The average molecular weight is 436 g/mol. The van der Waals surface area contributed by atoms with Crippen molar-refractivity contribution in [1.29, 1.82) is 5.26 Å². The van der Waals surface area contributed by atoms with E-state index in [9.17, 15) is 9.65 Å². The van der Waals surface area contributed by atoms with E-state index in [0.717, 1.165) is 33.5 Å². The standard InChI is InChI=1S/C26H21FN6/c27-18-9-5-16(6-10-18)21-13-24(33-25(29)22(21)14-28)17-7-11-19(12-8-17)32-26-20-3-1-2-4-23(20)30-15-31-26/h1-12,15,21-22,24H,13H2,(H2,29,33)(H,30,31,32). The molecule has 0 fully saturated rings. The van der Waals surface area contributed by atoms with Gasteiger partial charge in [-0.2, -0.15) is 5.26 Å². The Bertz CT molecular complexity index is 1350. The van der Waals surface area contributed by atoms with Gasteiger partial charge in [0.25, 0.3) is 0 Å². The van der Waals surface area contributed by atoms with Crippen molar-refractivity contribution in [3.8, 4) is 6.07 Å². The lowest BCUT2D eigenvalue weighted by molar-refractivity contribution is 0.477. The van der Waals surface area contributed by atoms with Gasteiger partial charge in [-0.05, 0) is 53.9 Å². The number of nitrogens with one attached hydrogen (secondary N) is 1. The zero-order valence-corrected chi connectivity index (χ0v) is 17.7. The van der Waals surface area contributed by atoms with Crippen LogP contribution in [0.4, 0.5) is 15.9 Å². The molecule has 3 aromatic carbocycles. The van der Waals surface area contributed by atoms with Gasteiger partial charge in [-0.1, -0.05) is 36.4 Å². The molecule has 3 N–H and O–H groups in total. The molecule has 1 aromatic heterocycles. The van der Waals surface area contributed by atoms with Gasteiger partial charge in [-0.3, -0.25) is 4.99 Å². The molecule has 0 saturated heterocycles. The zero-order valence-electron chi connectivity index (χ0n) is 17.7. The molecule has 0 saturated carbocycles. The first-order valence-corrected chi connectivity index (χ1v) is 10.7. The van der Waals surface area contributed by atoms with Crippen LogP contribution in [0.15, 0.2) is 84.1 Å². The van der Waals surface area contributed by atoms with Gasteiger partial charge >= 0.3 is 0 Å². The molecule has 4 aromatic rings. The number of benzene rings is 3. The van der Waals surface area contributed by atoms with Crippen LogP contribution in [0.1, 0.15) is 29.5 Å². The summed E-state index contributed by atoms with van der Waals surface area (Å²) in [6.07, 6.45) is 2.16. The molecule has 0 amide bonds. The minimum Gasteiger partial charge on any atom is -0.386 e. The number of nitriles is 1. The third kappa shape index (κ3) is 4.11. The maximum absolute atomic E-state index is 13.4. The number of nitrogens with zero attached hydrogens (tertiary/aromatic N) is 4. The second-order valence-electron chi connectivity index (χ2n) is 8.06. The number of anilines is 2. The molecule has 0 spiro atoms. The lowest BCUT2D eigenvalue weighted by atomic mass is 9.78. The Labute approximate surface area is 190 Å². The molecule has 1 aliphatic heterocycles. The number of hydrogen-bond acceptors (Lipinski definition) is 6. The molecule has 162 valence electrons. The van der Waals surface area contributed by atoms with Gasteiger partial charge in [0, 0.05) is 17.0 Å². The van der Waals surface area contributed by atoms with Gasteiger partial charge in [0.05, 0.1) is 17.6 Å². The molecule has 6 nitrogen and oxygen atoms in total. The SMILES string of the molecule is N#CC1C(N)=NC(c2ccc(Nc3ncnc4ccccc34)cc2)CC1c1ccc(F)cc1. The number of nitrogens with two attached hydrogens (primary N) is 1. The van der Waals surface area contributed by atoms with Crippen LogP contribution >= 0.6 is 0 Å². The highest BCUT2D eigenvalue weighted by Crippen LogP contribution is 2.40. The maximum atomic E-state index is 13.4. The number of hydrogen-bond donors (Lipinski definition) is 2. The van der Waals surface area contributed by atoms with Crippen LogP contribution in [0.5, 0.6) is 0 Å². The molecule has 33 heavy (non-hydrogen) atoms. The van der Waals surface area contributed by atoms with Gasteiger partial charge in [0.15, 0.2) is 0 Å². The number of amidine groups is 1. The van der Waals surface area contributed by atoms with E-state index in [1.807, 2.05) is 48.5 Å². The van der Waals surface area contributed by atoms with E-state index < -0.39 is 5.92 Å². The summed E-state index contributed by atoms with van der Waals surface area (Å²) < 4.78 is 13.4. The molecule has 5 rings (SSSR count). The number of aliphatic imine (C=N–C) groups is 1. The van der Waals surface area contributed by atoms with Crippen molar-refractivity contribution in [1.82, 2.24) is 9.97 Å². The second kappa shape index (κ2) is 8.67. The molecular formula is C26H21FN6. The lowest BCUT2D eigenvalue weighted by Crippen LogP contribution is -2.33. The largest absolute Gasteiger partial charge is 0.386 e. The van der Waals surface area contributed by atoms with E-state index in [2.05, 4.69) is 26.3 Å². The fourth-order valence-electron chi connectivity index (χ4n) is 4.33. The van der Waals surface area contributed by atoms with E-state index in [1.165, 1.54) is 12.1 Å². The van der Waals surface area contributed by atoms with E-state index >= 15 is 0 Å². The summed E-state index contributed by atoms with van der Waals surface area (Å²) >= 11 is 0. The Morgan fingerprint density at radius 1 is 0.939 bits per heavy atom. The third-order valence-electron chi connectivity index (χ3n) is 6.04. The van der Waals surface area contributed by atoms with Gasteiger partial charge < -0.3 is 11.1 Å². The first kappa shape index (κ1) is 20.6. The Morgan fingerprint density at radius 2 is 1.67 bits per heavy atom. The average Bonchev–Trinajstić information content (AvgIpc) is 2.85. The molecule has 1 aliphatic rings. The number of aromatic nitrogens is 2. The normalized spacial score (nSPS) is 20.1. The third-order valence-corrected chi connectivity index (χ3v) is 6.04. The predicted molar refractivity (Wildman–Crippen MR) is 126 cm³/mol. The van der Waals surface area contributed by atoms with Crippen LogP contribution in [-0.2, 0) is 0 Å². The molecule has 7 heteroatoms. The van der Waals surface area contributed by atoms with Crippen LogP contribution in [-0.4, -0.2) is 15.8 Å². The zero-order chi connectivity index (χ0) is 22.8. The van der Waals surface area contributed by atoms with Crippen LogP contribution in [0.25, 0.3) is 10.9 Å². The highest BCUT2D eigenvalue weighted by molar-refractivity contribution is 5.90. The minimum absolute atomic E-state index is 0.150. The predicted octanol–water partition coefficient (Wildman–Crippen LogP) is 5.24. The number of rotatable bonds is 4. The first-order valence-electron chi connectivity index (χ1n) is 10.7. The van der Waals surface area contributed by atoms with Crippen molar-refractivity contribution in [3.63, 3.8) is 0 Å². The lowest BCUT2D eigenvalue weighted by Gasteiger charge is -2.31. The van der Waals surface area contributed by atoms with Crippen LogP contribution in [0.3, 0.4) is 0 Å². The molecule has 0 bridgehead atoms. The Hall–Kier alpha value is -4.31. The van der Waals surface area contributed by atoms with E-state index in [1.54, 1.807) is 18.5 Å². The summed E-state index contributed by atoms with van der Waals surface area (Å²) in [5.74, 6) is 0.0713. The highest BCUT2D eigenvalue weighted by atomic mass is 19.1. The summed E-state index contributed by atoms with van der Waals surface area (Å²) in [4.78, 5) is 13.3. The van der Waals surface area contributed by atoms with E-state index in [-0.39, 0.29) is 17.8 Å². The summed E-state index contributed by atoms with van der Waals surface area (Å²) in [6, 6.07) is 24.1. The molecule has 0 radical (unpaired) electrons. The van der Waals surface area contributed by atoms with Gasteiger partial charge in [-0.25, -0.2) is 14.4 Å². The molecule has 3 unspecified atom stereocenters. The smallest absolute Gasteiger partial charge is 0.141 e. The summed E-state index contributed by atoms with van der Waals surface area (Å²) in [7, 11) is 0. The molecule has 0 aliphatic carbocycles. The first-order chi connectivity index (χ1) is 16.1. The van der Waals surface area contributed by atoms with Crippen molar-refractivity contribution in [2.24, 2.45) is 16.6 Å². The Kier molecular flexibility index (Phi) is 5.41. The summed E-state index contributed by atoms with van der Waals surface area (Å²) in [5, 5.41) is 13.9. The number of halogens is 1.